The van der Waals surface area contributed by atoms with Crippen molar-refractivity contribution < 1.29 is 42.7 Å². The average molecular weight is 808 g/mol. The maximum Gasteiger partial charge on any atom is 0.472 e. The Morgan fingerprint density at radius 3 is 1.54 bits per heavy atom. The number of ether oxygens (including phenoxy) is 2. The number of allylic oxidation sites excluding steroid dienone is 12. The van der Waals surface area contributed by atoms with Gasteiger partial charge in [-0.1, -0.05) is 131 Å². The standard InChI is InChI=1S/C45H78NO9P/c1-2-3-4-5-6-7-8-9-10-12-16-19-22-25-28-31-34-37-45(49)55-43(42-54-56(50,51)53-40-38-46)41-52-44(48)36-33-30-27-24-21-18-15-13-11-14-17-20-23-26-29-32-35-39-47/h6-7,9-11,14-15,18,20,23-24,27,43,47H,2-5,8,12-13,16-17,19,21-22,25-26,28-42,46H2,1H3,(H,50,51)/b7-6-,10-9-,14-11-,18-15-,23-20-,27-24-/t43-/m1/s1. The van der Waals surface area contributed by atoms with E-state index < -0.39 is 32.5 Å². The molecule has 0 saturated heterocycles. The monoisotopic (exact) mass is 808 g/mol. The van der Waals surface area contributed by atoms with Crippen molar-refractivity contribution in [2.45, 2.75) is 167 Å². The molecule has 322 valence electrons. The van der Waals surface area contributed by atoms with E-state index in [1.165, 1.54) is 44.9 Å². The molecule has 4 N–H and O–H groups in total. The van der Waals surface area contributed by atoms with E-state index in [4.69, 9.17) is 29.4 Å². The van der Waals surface area contributed by atoms with Gasteiger partial charge in [0.25, 0.3) is 0 Å². The molecule has 2 atom stereocenters. The Balaban J connectivity index is 4.27. The van der Waals surface area contributed by atoms with Crippen molar-refractivity contribution in [3.63, 3.8) is 0 Å². The van der Waals surface area contributed by atoms with Crippen LogP contribution in [0.3, 0.4) is 0 Å². The number of phosphoric ester groups is 1. The summed E-state index contributed by atoms with van der Waals surface area (Å²) in [5.74, 6) is -0.923. The second-order valence-corrected chi connectivity index (χ2v) is 15.4. The zero-order valence-corrected chi connectivity index (χ0v) is 35.7. The summed E-state index contributed by atoms with van der Waals surface area (Å²) in [6, 6.07) is 0. The van der Waals surface area contributed by atoms with E-state index >= 15 is 0 Å². The fourth-order valence-electron chi connectivity index (χ4n) is 5.40. The van der Waals surface area contributed by atoms with Gasteiger partial charge in [0.2, 0.25) is 0 Å². The molecule has 1 unspecified atom stereocenters. The van der Waals surface area contributed by atoms with Crippen LogP contribution in [-0.4, -0.2) is 61.0 Å². The largest absolute Gasteiger partial charge is 0.472 e. The number of esters is 2. The first kappa shape index (κ1) is 53.4. The van der Waals surface area contributed by atoms with E-state index in [9.17, 15) is 19.0 Å². The van der Waals surface area contributed by atoms with Gasteiger partial charge in [0.1, 0.15) is 6.61 Å². The third kappa shape index (κ3) is 41.1. The van der Waals surface area contributed by atoms with Gasteiger partial charge in [-0.15, -0.1) is 0 Å². The van der Waals surface area contributed by atoms with Crippen molar-refractivity contribution in [3.05, 3.63) is 72.9 Å². The van der Waals surface area contributed by atoms with Crippen LogP contribution in [0.1, 0.15) is 161 Å². The predicted octanol–water partition coefficient (Wildman–Crippen LogP) is 11.2. The number of hydrogen-bond donors (Lipinski definition) is 3. The second-order valence-electron chi connectivity index (χ2n) is 13.9. The lowest BCUT2D eigenvalue weighted by Crippen LogP contribution is -2.29. The minimum Gasteiger partial charge on any atom is -0.462 e. The third-order valence-electron chi connectivity index (χ3n) is 8.62. The number of nitrogens with two attached hydrogens (primary N) is 1. The molecule has 11 heteroatoms. The molecule has 0 aromatic rings. The van der Waals surface area contributed by atoms with Crippen molar-refractivity contribution in [2.24, 2.45) is 5.73 Å². The highest BCUT2D eigenvalue weighted by Crippen LogP contribution is 2.43. The molecule has 0 heterocycles. The van der Waals surface area contributed by atoms with E-state index in [0.717, 1.165) is 83.5 Å². The van der Waals surface area contributed by atoms with Crippen molar-refractivity contribution >= 4 is 19.8 Å². The molecule has 0 radical (unpaired) electrons. The fourth-order valence-corrected chi connectivity index (χ4v) is 6.17. The first-order valence-electron chi connectivity index (χ1n) is 21.5. The molecule has 0 amide bonds. The van der Waals surface area contributed by atoms with Gasteiger partial charge in [-0.3, -0.25) is 18.6 Å². The molecule has 10 nitrogen and oxygen atoms in total. The summed E-state index contributed by atoms with van der Waals surface area (Å²) in [4.78, 5) is 34.8. The minimum atomic E-state index is -4.40. The molecule has 0 aliphatic rings. The number of phosphoric acid groups is 1. The number of carbonyl (C=O) groups excluding carboxylic acids is 2. The van der Waals surface area contributed by atoms with Crippen LogP contribution in [0.5, 0.6) is 0 Å². The molecule has 0 aromatic heterocycles. The highest BCUT2D eigenvalue weighted by Gasteiger charge is 2.25. The minimum absolute atomic E-state index is 0.0370. The van der Waals surface area contributed by atoms with E-state index in [1.54, 1.807) is 0 Å². The predicted molar refractivity (Wildman–Crippen MR) is 230 cm³/mol. The summed E-state index contributed by atoms with van der Waals surface area (Å²) in [7, 11) is -4.40. The molecule has 0 aliphatic heterocycles. The quantitative estimate of drug-likeness (QED) is 0.0236. The lowest BCUT2D eigenvalue weighted by atomic mass is 10.1. The summed E-state index contributed by atoms with van der Waals surface area (Å²) in [6.07, 6.45) is 48.0. The van der Waals surface area contributed by atoms with Crippen LogP contribution in [0, 0.1) is 0 Å². The van der Waals surface area contributed by atoms with Gasteiger partial charge in [0.05, 0.1) is 13.2 Å². The molecule has 0 rings (SSSR count). The van der Waals surface area contributed by atoms with Gasteiger partial charge < -0.3 is 25.2 Å². The summed E-state index contributed by atoms with van der Waals surface area (Å²) in [5.41, 5.74) is 5.34. The molecule has 0 spiro atoms. The second kappa shape index (κ2) is 42.0. The van der Waals surface area contributed by atoms with Crippen LogP contribution < -0.4 is 5.73 Å². The van der Waals surface area contributed by atoms with E-state index in [2.05, 4.69) is 73.8 Å². The first-order chi connectivity index (χ1) is 27.3. The molecule has 0 aliphatic carbocycles. The van der Waals surface area contributed by atoms with Crippen LogP contribution in [0.2, 0.25) is 0 Å². The summed E-state index contributed by atoms with van der Waals surface area (Å²) < 4.78 is 32.7. The molecule has 56 heavy (non-hydrogen) atoms. The molecular weight excluding hydrogens is 729 g/mol. The zero-order valence-electron chi connectivity index (χ0n) is 34.8. The smallest absolute Gasteiger partial charge is 0.462 e. The molecule has 0 fully saturated rings. The van der Waals surface area contributed by atoms with Crippen LogP contribution in [-0.2, 0) is 32.7 Å². The number of aliphatic hydroxyl groups is 1. The third-order valence-corrected chi connectivity index (χ3v) is 9.60. The van der Waals surface area contributed by atoms with Crippen molar-refractivity contribution in [1.29, 1.82) is 0 Å². The van der Waals surface area contributed by atoms with Gasteiger partial charge in [0, 0.05) is 26.0 Å². The van der Waals surface area contributed by atoms with Crippen molar-refractivity contribution in [3.8, 4) is 0 Å². The fraction of sp³-hybridized carbons (Fsp3) is 0.689. The number of hydrogen-bond acceptors (Lipinski definition) is 9. The SMILES string of the molecule is CCCCC/C=C\C/C=C\CCCCCCCCCC(=O)O[C@H](COC(=O)CCC/C=C\C/C=C\C/C=C\C/C=C\CCCCCO)COP(=O)(O)OCCN. The van der Waals surface area contributed by atoms with Gasteiger partial charge in [-0.05, 0) is 89.9 Å². The topological polar surface area (TPSA) is 155 Å². The van der Waals surface area contributed by atoms with Crippen LogP contribution in [0.4, 0.5) is 0 Å². The van der Waals surface area contributed by atoms with Crippen LogP contribution >= 0.6 is 7.82 Å². The van der Waals surface area contributed by atoms with Gasteiger partial charge >= 0.3 is 19.8 Å². The maximum absolute atomic E-state index is 12.6. The Kier molecular flexibility index (Phi) is 40.1. The van der Waals surface area contributed by atoms with Crippen LogP contribution in [0.25, 0.3) is 0 Å². The van der Waals surface area contributed by atoms with E-state index in [0.29, 0.717) is 12.8 Å². The van der Waals surface area contributed by atoms with E-state index in [-0.39, 0.29) is 39.2 Å². The summed E-state index contributed by atoms with van der Waals surface area (Å²) in [5, 5.41) is 8.79. The molecule has 0 aromatic carbocycles. The van der Waals surface area contributed by atoms with Crippen molar-refractivity contribution in [1.82, 2.24) is 0 Å². The van der Waals surface area contributed by atoms with Gasteiger partial charge in [0.15, 0.2) is 6.10 Å². The number of rotatable bonds is 40. The van der Waals surface area contributed by atoms with Gasteiger partial charge in [-0.2, -0.15) is 0 Å². The Morgan fingerprint density at radius 1 is 0.571 bits per heavy atom. The summed E-state index contributed by atoms with van der Waals surface area (Å²) in [6.45, 7) is 1.62. The first-order valence-corrected chi connectivity index (χ1v) is 23.0. The van der Waals surface area contributed by atoms with Crippen molar-refractivity contribution in [2.75, 3.05) is 33.0 Å². The Labute approximate surface area is 340 Å². The highest BCUT2D eigenvalue weighted by atomic mass is 31.2. The maximum atomic E-state index is 12.6. The number of aliphatic hydroxyl groups excluding tert-OH is 1. The molecule has 0 saturated carbocycles. The Hall–Kier alpha value is -2.59. The lowest BCUT2D eigenvalue weighted by molar-refractivity contribution is -0.161. The zero-order chi connectivity index (χ0) is 41.1. The Morgan fingerprint density at radius 2 is 1.02 bits per heavy atom. The summed E-state index contributed by atoms with van der Waals surface area (Å²) >= 11 is 0. The molecule has 0 bridgehead atoms. The molecular formula is C45H78NO9P. The lowest BCUT2D eigenvalue weighted by Gasteiger charge is -2.19. The Bertz CT molecular complexity index is 1150. The highest BCUT2D eigenvalue weighted by molar-refractivity contribution is 7.47. The number of carbonyl (C=O) groups is 2. The normalized spacial score (nSPS) is 14.0. The van der Waals surface area contributed by atoms with Crippen LogP contribution in [0.15, 0.2) is 72.9 Å². The van der Waals surface area contributed by atoms with E-state index in [1.807, 2.05) is 6.08 Å². The van der Waals surface area contributed by atoms with Gasteiger partial charge in [-0.25, -0.2) is 4.57 Å². The number of unbranched alkanes of at least 4 members (excludes halogenated alkanes) is 14. The average Bonchev–Trinajstić information content (AvgIpc) is 3.18.